The Labute approximate surface area is 115 Å². The summed E-state index contributed by atoms with van der Waals surface area (Å²) in [4.78, 5) is 0. The lowest BCUT2D eigenvalue weighted by Crippen LogP contribution is -1.87. The molecule has 3 rings (SSSR count). The number of nitrogens with zero attached hydrogens (tertiary/aromatic N) is 2. The van der Waals surface area contributed by atoms with Crippen LogP contribution in [0.5, 0.6) is 0 Å². The van der Waals surface area contributed by atoms with Crippen molar-refractivity contribution >= 4 is 16.5 Å². The number of hydrogen-bond donors (Lipinski definition) is 1. The normalized spacial score (nSPS) is 10.5. The van der Waals surface area contributed by atoms with Crippen LogP contribution in [-0.4, -0.2) is 10.2 Å². The molecule has 0 saturated carbocycles. The minimum Gasteiger partial charge on any atom is -0.374 e. The number of hydrogen-bond acceptors (Lipinski definition) is 4. The van der Waals surface area contributed by atoms with E-state index in [2.05, 4.69) is 46.6 Å². The van der Waals surface area contributed by atoms with Crippen molar-refractivity contribution in [3.8, 4) is 11.1 Å². The molecular formula is C15H13N3S. The molecule has 3 aromatic rings. The standard InChI is InChI=1S/C15H13N3S/c16-15-18-17-14(19-15)10-11-6-8-13(9-7-11)12-4-2-1-3-5-12/h1-9H,10H2,(H2,16,18). The molecule has 3 nitrogen and oxygen atoms in total. The number of rotatable bonds is 3. The Hall–Kier alpha value is -2.20. The molecule has 0 saturated heterocycles. The third-order valence-electron chi connectivity index (χ3n) is 2.90. The minimum absolute atomic E-state index is 0.524. The van der Waals surface area contributed by atoms with Gasteiger partial charge in [-0.2, -0.15) is 0 Å². The summed E-state index contributed by atoms with van der Waals surface area (Å²) in [7, 11) is 0. The van der Waals surface area contributed by atoms with E-state index in [9.17, 15) is 0 Å². The van der Waals surface area contributed by atoms with E-state index in [4.69, 9.17) is 5.73 Å². The van der Waals surface area contributed by atoms with Gasteiger partial charge in [0.25, 0.3) is 0 Å². The van der Waals surface area contributed by atoms with E-state index in [0.29, 0.717) is 5.13 Å². The molecule has 0 bridgehead atoms. The lowest BCUT2D eigenvalue weighted by atomic mass is 10.0. The Morgan fingerprint density at radius 3 is 2.16 bits per heavy atom. The Balaban J connectivity index is 1.79. The molecule has 1 heterocycles. The first-order chi connectivity index (χ1) is 9.31. The fourth-order valence-electron chi connectivity index (χ4n) is 1.96. The molecule has 0 atom stereocenters. The van der Waals surface area contributed by atoms with Crippen LogP contribution in [0.3, 0.4) is 0 Å². The maximum atomic E-state index is 5.58. The number of anilines is 1. The smallest absolute Gasteiger partial charge is 0.203 e. The maximum Gasteiger partial charge on any atom is 0.203 e. The van der Waals surface area contributed by atoms with Gasteiger partial charge in [-0.25, -0.2) is 0 Å². The number of aromatic nitrogens is 2. The van der Waals surface area contributed by atoms with E-state index < -0.39 is 0 Å². The van der Waals surface area contributed by atoms with E-state index in [1.807, 2.05) is 18.2 Å². The van der Waals surface area contributed by atoms with Crippen molar-refractivity contribution in [2.75, 3.05) is 5.73 Å². The van der Waals surface area contributed by atoms with Gasteiger partial charge in [-0.1, -0.05) is 65.9 Å². The summed E-state index contributed by atoms with van der Waals surface area (Å²) in [6.45, 7) is 0. The van der Waals surface area contributed by atoms with E-state index in [-0.39, 0.29) is 0 Å². The lowest BCUT2D eigenvalue weighted by Gasteiger charge is -2.03. The van der Waals surface area contributed by atoms with Crippen molar-refractivity contribution in [3.05, 3.63) is 65.2 Å². The second-order valence-corrected chi connectivity index (χ2v) is 5.37. The first-order valence-electron chi connectivity index (χ1n) is 6.03. The Bertz CT molecular complexity index is 659. The van der Waals surface area contributed by atoms with Gasteiger partial charge in [-0.3, -0.25) is 0 Å². The van der Waals surface area contributed by atoms with Gasteiger partial charge in [0.1, 0.15) is 5.01 Å². The molecule has 2 aromatic carbocycles. The highest BCUT2D eigenvalue weighted by Crippen LogP contribution is 2.21. The number of nitrogen functional groups attached to an aromatic ring is 1. The van der Waals surface area contributed by atoms with Crippen molar-refractivity contribution in [1.29, 1.82) is 0 Å². The fourth-order valence-corrected chi connectivity index (χ4v) is 2.60. The van der Waals surface area contributed by atoms with Gasteiger partial charge in [-0.15, -0.1) is 10.2 Å². The SMILES string of the molecule is Nc1nnc(Cc2ccc(-c3ccccc3)cc2)s1. The second-order valence-electron chi connectivity index (χ2n) is 4.27. The summed E-state index contributed by atoms with van der Waals surface area (Å²) in [6.07, 6.45) is 0.782. The third kappa shape index (κ3) is 2.80. The average molecular weight is 267 g/mol. The highest BCUT2D eigenvalue weighted by Gasteiger charge is 2.03. The largest absolute Gasteiger partial charge is 0.374 e. The third-order valence-corrected chi connectivity index (χ3v) is 3.65. The van der Waals surface area contributed by atoms with E-state index >= 15 is 0 Å². The van der Waals surface area contributed by atoms with Crippen LogP contribution in [0.4, 0.5) is 5.13 Å². The average Bonchev–Trinajstić information content (AvgIpc) is 2.86. The predicted octanol–water partition coefficient (Wildman–Crippen LogP) is 3.38. The molecule has 0 radical (unpaired) electrons. The van der Waals surface area contributed by atoms with Crippen LogP contribution in [0.15, 0.2) is 54.6 Å². The molecule has 94 valence electrons. The van der Waals surface area contributed by atoms with Gasteiger partial charge in [0.2, 0.25) is 5.13 Å². The molecular weight excluding hydrogens is 254 g/mol. The Morgan fingerprint density at radius 2 is 1.53 bits per heavy atom. The number of benzene rings is 2. The Morgan fingerprint density at radius 1 is 0.842 bits per heavy atom. The predicted molar refractivity (Wildman–Crippen MR) is 79.0 cm³/mol. The van der Waals surface area contributed by atoms with Crippen molar-refractivity contribution in [3.63, 3.8) is 0 Å². The van der Waals surface area contributed by atoms with Gasteiger partial charge in [-0.05, 0) is 16.7 Å². The molecule has 0 aliphatic heterocycles. The first-order valence-corrected chi connectivity index (χ1v) is 6.85. The molecule has 19 heavy (non-hydrogen) atoms. The first kappa shape index (κ1) is 11.9. The molecule has 4 heteroatoms. The molecule has 0 fully saturated rings. The van der Waals surface area contributed by atoms with E-state index in [1.165, 1.54) is 28.0 Å². The summed E-state index contributed by atoms with van der Waals surface area (Å²) in [5.74, 6) is 0. The van der Waals surface area contributed by atoms with Crippen molar-refractivity contribution < 1.29 is 0 Å². The molecule has 0 spiro atoms. The molecule has 2 N–H and O–H groups in total. The van der Waals surface area contributed by atoms with Gasteiger partial charge >= 0.3 is 0 Å². The number of nitrogens with two attached hydrogens (primary N) is 1. The van der Waals surface area contributed by atoms with Gasteiger partial charge in [0, 0.05) is 6.42 Å². The second kappa shape index (κ2) is 5.20. The van der Waals surface area contributed by atoms with Crippen LogP contribution in [0.1, 0.15) is 10.6 Å². The molecule has 1 aromatic heterocycles. The van der Waals surface area contributed by atoms with Gasteiger partial charge < -0.3 is 5.73 Å². The Kier molecular flexibility index (Phi) is 3.25. The van der Waals surface area contributed by atoms with E-state index in [0.717, 1.165) is 11.4 Å². The summed E-state index contributed by atoms with van der Waals surface area (Å²) in [6, 6.07) is 18.9. The quantitative estimate of drug-likeness (QED) is 0.791. The summed E-state index contributed by atoms with van der Waals surface area (Å²) < 4.78 is 0. The van der Waals surface area contributed by atoms with Crippen molar-refractivity contribution in [2.45, 2.75) is 6.42 Å². The van der Waals surface area contributed by atoms with Crippen molar-refractivity contribution in [2.24, 2.45) is 0 Å². The van der Waals surface area contributed by atoms with Gasteiger partial charge in [0.05, 0.1) is 0 Å². The van der Waals surface area contributed by atoms with Gasteiger partial charge in [0.15, 0.2) is 0 Å². The zero-order chi connectivity index (χ0) is 13.1. The maximum absolute atomic E-state index is 5.58. The van der Waals surface area contributed by atoms with Crippen LogP contribution >= 0.6 is 11.3 Å². The summed E-state index contributed by atoms with van der Waals surface area (Å²) >= 11 is 1.44. The van der Waals surface area contributed by atoms with E-state index in [1.54, 1.807) is 0 Å². The minimum atomic E-state index is 0.524. The highest BCUT2D eigenvalue weighted by atomic mass is 32.1. The van der Waals surface area contributed by atoms with Crippen LogP contribution in [0, 0.1) is 0 Å². The monoisotopic (exact) mass is 267 g/mol. The molecule has 0 aliphatic rings. The highest BCUT2D eigenvalue weighted by molar-refractivity contribution is 7.15. The lowest BCUT2D eigenvalue weighted by molar-refractivity contribution is 1.01. The topological polar surface area (TPSA) is 51.8 Å². The zero-order valence-corrected chi connectivity index (χ0v) is 11.1. The summed E-state index contributed by atoms with van der Waals surface area (Å²) in [5.41, 5.74) is 9.25. The van der Waals surface area contributed by atoms with Crippen molar-refractivity contribution in [1.82, 2.24) is 10.2 Å². The van der Waals surface area contributed by atoms with Crippen LogP contribution in [0.2, 0.25) is 0 Å². The van der Waals surface area contributed by atoms with Crippen LogP contribution < -0.4 is 5.73 Å². The summed E-state index contributed by atoms with van der Waals surface area (Å²) in [5, 5.41) is 9.33. The molecule has 0 amide bonds. The fraction of sp³-hybridized carbons (Fsp3) is 0.0667. The molecule has 0 aliphatic carbocycles. The van der Waals surface area contributed by atoms with Crippen LogP contribution in [0.25, 0.3) is 11.1 Å². The zero-order valence-electron chi connectivity index (χ0n) is 10.3. The van der Waals surface area contributed by atoms with Crippen LogP contribution in [-0.2, 0) is 6.42 Å². The molecule has 0 unspecified atom stereocenters.